The first-order chi connectivity index (χ1) is 12.3. The fourth-order valence-electron chi connectivity index (χ4n) is 2.35. The fraction of sp³-hybridized carbons (Fsp3) is 0.500. The molecule has 0 fully saturated rings. The zero-order valence-corrected chi connectivity index (χ0v) is 17.7. The fourth-order valence-corrected chi connectivity index (χ4v) is 5.81. The van der Waals surface area contributed by atoms with Crippen molar-refractivity contribution in [2.75, 3.05) is 19.0 Å². The molecule has 2 aromatic rings. The van der Waals surface area contributed by atoms with E-state index in [1.165, 1.54) is 11.3 Å². The van der Waals surface area contributed by atoms with Gasteiger partial charge in [0.2, 0.25) is 0 Å². The van der Waals surface area contributed by atoms with Crippen molar-refractivity contribution >= 4 is 43.9 Å². The molecular formula is C16H23N3O4S3. The van der Waals surface area contributed by atoms with Crippen LogP contribution in [0, 0.1) is 6.92 Å². The number of thiophene rings is 1. The Balaban J connectivity index is 2.09. The Hall–Kier alpha value is -1.49. The molecule has 7 nitrogen and oxygen atoms in total. The van der Waals surface area contributed by atoms with Crippen molar-refractivity contribution in [2.45, 2.75) is 44.2 Å². The summed E-state index contributed by atoms with van der Waals surface area (Å²) < 4.78 is 32.1. The lowest BCUT2D eigenvalue weighted by Crippen LogP contribution is -2.33. The van der Waals surface area contributed by atoms with Gasteiger partial charge >= 0.3 is 6.03 Å². The van der Waals surface area contributed by atoms with Crippen LogP contribution in [-0.4, -0.2) is 33.1 Å². The monoisotopic (exact) mass is 417 g/mol. The van der Waals surface area contributed by atoms with Crippen molar-refractivity contribution in [1.82, 2.24) is 9.71 Å². The first kappa shape index (κ1) is 20.8. The standard InChI is InChI=1S/C16H23N3O4S3/c1-5-11-12(6-2)25-16(17-11)18-15(20)19-26(21,22)14-9-10(3)13(24-14)7-8-23-4/h9H,5-8H2,1-4H3,(H2,17,18,19,20). The highest BCUT2D eigenvalue weighted by molar-refractivity contribution is 7.92. The minimum Gasteiger partial charge on any atom is -0.384 e. The van der Waals surface area contributed by atoms with Gasteiger partial charge in [-0.15, -0.1) is 22.7 Å². The summed E-state index contributed by atoms with van der Waals surface area (Å²) in [7, 11) is -2.33. The maximum atomic E-state index is 12.4. The van der Waals surface area contributed by atoms with E-state index in [1.54, 1.807) is 13.2 Å². The smallest absolute Gasteiger partial charge is 0.334 e. The third-order valence-corrected chi connectivity index (χ3v) is 7.94. The van der Waals surface area contributed by atoms with Crippen LogP contribution in [0.5, 0.6) is 0 Å². The molecule has 0 atom stereocenters. The quantitative estimate of drug-likeness (QED) is 0.686. The van der Waals surface area contributed by atoms with Gasteiger partial charge in [-0.1, -0.05) is 13.8 Å². The van der Waals surface area contributed by atoms with Crippen molar-refractivity contribution in [3.8, 4) is 0 Å². The number of hydrogen-bond donors (Lipinski definition) is 2. The molecule has 0 bridgehead atoms. The van der Waals surface area contributed by atoms with Gasteiger partial charge in [0.25, 0.3) is 10.0 Å². The average Bonchev–Trinajstić information content (AvgIpc) is 3.15. The summed E-state index contributed by atoms with van der Waals surface area (Å²) >= 11 is 2.51. The SMILES string of the molecule is CCc1nc(NC(=O)NS(=O)(=O)c2cc(C)c(CCOC)s2)sc1CC. The molecule has 2 heterocycles. The molecule has 0 saturated heterocycles. The molecular weight excluding hydrogens is 394 g/mol. The average molecular weight is 418 g/mol. The lowest BCUT2D eigenvalue weighted by atomic mass is 10.2. The van der Waals surface area contributed by atoms with Crippen LogP contribution in [0.1, 0.15) is 34.9 Å². The molecule has 0 aliphatic heterocycles. The number of carbonyl (C=O) groups excluding carboxylic acids is 1. The van der Waals surface area contributed by atoms with Crippen molar-refractivity contribution in [1.29, 1.82) is 0 Å². The molecule has 26 heavy (non-hydrogen) atoms. The number of hydrogen-bond acceptors (Lipinski definition) is 7. The number of urea groups is 1. The number of carbonyl (C=O) groups is 1. The molecule has 0 saturated carbocycles. The van der Waals surface area contributed by atoms with E-state index in [9.17, 15) is 13.2 Å². The molecule has 144 valence electrons. The normalized spacial score (nSPS) is 11.5. The number of anilines is 1. The van der Waals surface area contributed by atoms with Crippen molar-refractivity contribution in [2.24, 2.45) is 0 Å². The molecule has 2 amide bonds. The van der Waals surface area contributed by atoms with E-state index >= 15 is 0 Å². The zero-order valence-electron chi connectivity index (χ0n) is 15.2. The Bertz CT molecular complexity index is 850. The van der Waals surface area contributed by atoms with Crippen LogP contribution in [0.4, 0.5) is 9.93 Å². The number of amides is 2. The van der Waals surface area contributed by atoms with Gasteiger partial charge in [0.1, 0.15) is 4.21 Å². The van der Waals surface area contributed by atoms with Gasteiger partial charge < -0.3 is 4.74 Å². The summed E-state index contributed by atoms with van der Waals surface area (Å²) in [5, 5.41) is 2.91. The highest BCUT2D eigenvalue weighted by atomic mass is 32.2. The van der Waals surface area contributed by atoms with E-state index in [-0.39, 0.29) is 4.21 Å². The van der Waals surface area contributed by atoms with Crippen molar-refractivity contribution in [3.63, 3.8) is 0 Å². The van der Waals surface area contributed by atoms with Crippen molar-refractivity contribution in [3.05, 3.63) is 27.1 Å². The number of rotatable bonds is 8. The number of methoxy groups -OCH3 is 1. The predicted octanol–water partition coefficient (Wildman–Crippen LogP) is 3.34. The van der Waals surface area contributed by atoms with Crippen LogP contribution in [0.25, 0.3) is 0 Å². The molecule has 2 aromatic heterocycles. The van der Waals surface area contributed by atoms with Gasteiger partial charge in [0.15, 0.2) is 5.13 Å². The number of nitrogens with one attached hydrogen (secondary N) is 2. The summed E-state index contributed by atoms with van der Waals surface area (Å²) in [5.41, 5.74) is 1.79. The molecule has 2 rings (SSSR count). The second kappa shape index (κ2) is 8.94. The van der Waals surface area contributed by atoms with Gasteiger partial charge in [0.05, 0.1) is 12.3 Å². The van der Waals surface area contributed by atoms with E-state index < -0.39 is 16.1 Å². The van der Waals surface area contributed by atoms with E-state index in [1.807, 2.05) is 20.8 Å². The highest BCUT2D eigenvalue weighted by Crippen LogP contribution is 2.27. The molecule has 2 N–H and O–H groups in total. The lowest BCUT2D eigenvalue weighted by Gasteiger charge is -2.05. The third-order valence-electron chi connectivity index (χ3n) is 3.68. The zero-order chi connectivity index (χ0) is 19.3. The molecule has 10 heteroatoms. The molecule has 0 aliphatic carbocycles. The van der Waals surface area contributed by atoms with E-state index in [0.29, 0.717) is 18.2 Å². The molecule has 0 aliphatic rings. The number of sulfonamides is 1. The second-order valence-electron chi connectivity index (χ2n) is 5.57. The topological polar surface area (TPSA) is 97.4 Å². The maximum absolute atomic E-state index is 12.4. The molecule has 0 aromatic carbocycles. The Morgan fingerprint density at radius 3 is 2.54 bits per heavy atom. The summed E-state index contributed by atoms with van der Waals surface area (Å²) in [6.45, 7) is 6.36. The number of aromatic nitrogens is 1. The van der Waals surface area contributed by atoms with Gasteiger partial charge in [-0.25, -0.2) is 22.9 Å². The minimum atomic E-state index is -3.93. The van der Waals surface area contributed by atoms with E-state index in [0.717, 1.165) is 45.2 Å². The molecule has 0 spiro atoms. The summed E-state index contributed by atoms with van der Waals surface area (Å²) in [6.07, 6.45) is 2.22. The minimum absolute atomic E-state index is 0.110. The maximum Gasteiger partial charge on any atom is 0.334 e. The second-order valence-corrected chi connectivity index (χ2v) is 9.70. The first-order valence-electron chi connectivity index (χ1n) is 8.21. The molecule has 0 radical (unpaired) electrons. The largest absolute Gasteiger partial charge is 0.384 e. The number of aryl methyl sites for hydroxylation is 3. The van der Waals surface area contributed by atoms with Crippen molar-refractivity contribution < 1.29 is 17.9 Å². The third kappa shape index (κ3) is 5.03. The Morgan fingerprint density at radius 1 is 1.23 bits per heavy atom. The number of nitrogens with zero attached hydrogens (tertiary/aromatic N) is 1. The van der Waals surface area contributed by atoms with Gasteiger partial charge in [-0.3, -0.25) is 5.32 Å². The summed E-state index contributed by atoms with van der Waals surface area (Å²) in [6, 6.07) is 0.757. The van der Waals surface area contributed by atoms with E-state index in [2.05, 4.69) is 15.0 Å². The van der Waals surface area contributed by atoms with Crippen LogP contribution in [0.2, 0.25) is 0 Å². The summed E-state index contributed by atoms with van der Waals surface area (Å²) in [4.78, 5) is 18.5. The van der Waals surface area contributed by atoms with Gasteiger partial charge in [-0.05, 0) is 31.4 Å². The van der Waals surface area contributed by atoms with Crippen LogP contribution < -0.4 is 10.0 Å². The van der Waals surface area contributed by atoms with E-state index in [4.69, 9.17) is 4.74 Å². The van der Waals surface area contributed by atoms with Gasteiger partial charge in [0, 0.05) is 23.3 Å². The predicted molar refractivity (Wildman–Crippen MR) is 105 cm³/mol. The van der Waals surface area contributed by atoms with Crippen LogP contribution in [0.3, 0.4) is 0 Å². The first-order valence-corrected chi connectivity index (χ1v) is 11.3. The Labute approximate surface area is 161 Å². The highest BCUT2D eigenvalue weighted by Gasteiger charge is 2.22. The number of thiazole rings is 1. The van der Waals surface area contributed by atoms with Crippen LogP contribution in [-0.2, 0) is 34.0 Å². The molecule has 0 unspecified atom stereocenters. The summed E-state index contributed by atoms with van der Waals surface area (Å²) in [5.74, 6) is 0. The van der Waals surface area contributed by atoms with Crippen LogP contribution >= 0.6 is 22.7 Å². The van der Waals surface area contributed by atoms with Gasteiger partial charge in [-0.2, -0.15) is 0 Å². The Morgan fingerprint density at radius 2 is 1.96 bits per heavy atom. The van der Waals surface area contributed by atoms with Crippen LogP contribution in [0.15, 0.2) is 10.3 Å². The lowest BCUT2D eigenvalue weighted by molar-refractivity contribution is 0.203. The Kier molecular flexibility index (Phi) is 7.16. The number of ether oxygens (including phenoxy) is 1.